The Hall–Kier alpha value is -3.30. The first kappa shape index (κ1) is 28.3. The molecule has 3 aromatic heterocycles. The van der Waals surface area contributed by atoms with Crippen molar-refractivity contribution in [2.45, 2.75) is 33.0 Å². The minimum Gasteiger partial charge on any atom is -0.440 e. The van der Waals surface area contributed by atoms with Crippen molar-refractivity contribution in [1.29, 1.82) is 0 Å². The van der Waals surface area contributed by atoms with Gasteiger partial charge in [0, 0.05) is 40.3 Å². The molecule has 2 amide bonds. The van der Waals surface area contributed by atoms with E-state index >= 15 is 0 Å². The van der Waals surface area contributed by atoms with Crippen LogP contribution in [0.3, 0.4) is 0 Å². The van der Waals surface area contributed by atoms with E-state index in [2.05, 4.69) is 31.3 Å². The van der Waals surface area contributed by atoms with Gasteiger partial charge in [0.15, 0.2) is 20.4 Å². The zero-order valence-electron chi connectivity index (χ0n) is 21.2. The molecule has 12 nitrogen and oxygen atoms in total. The highest BCUT2D eigenvalue weighted by Gasteiger charge is 2.20. The van der Waals surface area contributed by atoms with Crippen LogP contribution in [0.15, 0.2) is 52.0 Å². The maximum atomic E-state index is 12.4. The molecule has 0 spiro atoms. The first-order valence-corrected chi connectivity index (χ1v) is 13.6. The molecule has 198 valence electrons. The van der Waals surface area contributed by atoms with E-state index in [4.69, 9.17) is 8.83 Å². The smallest absolute Gasteiger partial charge is 0.253 e. The van der Waals surface area contributed by atoms with E-state index in [9.17, 15) is 9.59 Å². The first-order chi connectivity index (χ1) is 17.6. The van der Waals surface area contributed by atoms with Gasteiger partial charge >= 0.3 is 0 Å². The zero-order valence-corrected chi connectivity index (χ0v) is 23.6. The minimum atomic E-state index is -0.457. The third-order valence-corrected chi connectivity index (χ3v) is 7.81. The van der Waals surface area contributed by atoms with Crippen molar-refractivity contribution >= 4 is 70.9 Å². The Labute approximate surface area is 226 Å². The molecule has 3 heterocycles. The lowest BCUT2D eigenvalue weighted by Crippen LogP contribution is -2.26. The summed E-state index contributed by atoms with van der Waals surface area (Å²) >= 11 is 3.81. The molecule has 0 aliphatic rings. The second-order valence-corrected chi connectivity index (χ2v) is 12.1. The fraction of sp³-hybridized carbons (Fsp3) is 0.364. The molecule has 2 unspecified atom stereocenters. The van der Waals surface area contributed by atoms with E-state index < -0.39 is 10.5 Å². The van der Waals surface area contributed by atoms with Crippen molar-refractivity contribution in [2.24, 2.45) is 10.2 Å². The van der Waals surface area contributed by atoms with Crippen LogP contribution in [0.5, 0.6) is 0 Å². The summed E-state index contributed by atoms with van der Waals surface area (Å²) in [4.78, 5) is 28.4. The molecular weight excluding hydrogens is 536 g/mol. The monoisotopic (exact) mass is 564 g/mol. The lowest BCUT2D eigenvalue weighted by molar-refractivity contribution is -0.121. The summed E-state index contributed by atoms with van der Waals surface area (Å²) in [5.74, 6) is 1.86. The Morgan fingerprint density at radius 2 is 1.24 bits per heavy atom. The predicted molar refractivity (Wildman–Crippen MR) is 148 cm³/mol. The van der Waals surface area contributed by atoms with Crippen LogP contribution in [-0.2, 0) is 9.59 Å². The van der Waals surface area contributed by atoms with Gasteiger partial charge in [-0.2, -0.15) is 10.2 Å². The largest absolute Gasteiger partial charge is 0.440 e. The number of nitrogens with zero attached hydrogens (tertiary/aromatic N) is 6. The van der Waals surface area contributed by atoms with Gasteiger partial charge in [-0.25, -0.2) is 10.9 Å². The molecule has 2 atom stereocenters. The number of carbonyl (C=O) groups is 2. The van der Waals surface area contributed by atoms with Crippen LogP contribution in [0, 0.1) is 0 Å². The molecule has 0 aromatic carbocycles. The Kier molecular flexibility index (Phi) is 10.2. The van der Waals surface area contributed by atoms with Gasteiger partial charge in [-0.1, -0.05) is 34.9 Å². The van der Waals surface area contributed by atoms with Gasteiger partial charge in [-0.3, -0.25) is 9.59 Å². The SMILES string of the molecule is CC(Sc1nnc(SC(C)C(=O)NN=Cc2ccc(N(C)C)o2)s1)C(=O)NN=Cc1ccc(N(C)C)o1. The number of nitrogens with one attached hydrogen (secondary N) is 2. The summed E-state index contributed by atoms with van der Waals surface area (Å²) in [6.45, 7) is 3.49. The second kappa shape index (κ2) is 13.3. The van der Waals surface area contributed by atoms with E-state index in [0.29, 0.717) is 32.0 Å². The average molecular weight is 565 g/mol. The third kappa shape index (κ3) is 8.65. The van der Waals surface area contributed by atoms with Gasteiger partial charge in [-0.15, -0.1) is 10.2 Å². The molecule has 0 aliphatic heterocycles. The maximum Gasteiger partial charge on any atom is 0.253 e. The fourth-order valence-electron chi connectivity index (χ4n) is 2.51. The molecule has 37 heavy (non-hydrogen) atoms. The zero-order chi connectivity index (χ0) is 26.9. The van der Waals surface area contributed by atoms with Gasteiger partial charge in [0.2, 0.25) is 0 Å². The number of amides is 2. The lowest BCUT2D eigenvalue weighted by atomic mass is 10.4. The van der Waals surface area contributed by atoms with Crippen molar-refractivity contribution in [3.8, 4) is 0 Å². The van der Waals surface area contributed by atoms with Gasteiger partial charge < -0.3 is 18.6 Å². The van der Waals surface area contributed by atoms with E-state index in [-0.39, 0.29) is 11.8 Å². The van der Waals surface area contributed by atoms with Gasteiger partial charge in [0.25, 0.3) is 11.8 Å². The number of hydrogen-bond acceptors (Lipinski definition) is 13. The Balaban J connectivity index is 1.43. The van der Waals surface area contributed by atoms with Crippen LogP contribution >= 0.6 is 34.9 Å². The molecule has 0 aliphatic carbocycles. The molecule has 0 fully saturated rings. The van der Waals surface area contributed by atoms with Crippen LogP contribution in [-0.4, -0.2) is 73.1 Å². The van der Waals surface area contributed by atoms with E-state index in [1.165, 1.54) is 47.3 Å². The highest BCUT2D eigenvalue weighted by Crippen LogP contribution is 2.33. The highest BCUT2D eigenvalue weighted by atomic mass is 32.2. The third-order valence-electron chi connectivity index (χ3n) is 4.52. The Morgan fingerprint density at radius 1 is 0.838 bits per heavy atom. The van der Waals surface area contributed by atoms with Crippen LogP contribution in [0.1, 0.15) is 25.4 Å². The standard InChI is InChI=1S/C22H28N8O4S3/c1-13(19(31)25-23-11-15-7-9-17(33-15)29(3)4)35-21-27-28-22(37-21)36-14(2)20(32)26-24-12-16-8-10-18(34-16)30(5)6/h7-14H,1-6H3,(H,25,31)(H,26,32). The van der Waals surface area contributed by atoms with Crippen LogP contribution in [0.25, 0.3) is 0 Å². The normalized spacial score (nSPS) is 13.1. The predicted octanol–water partition coefficient (Wildman–Crippen LogP) is 3.12. The Bertz CT molecular complexity index is 1160. The fourth-order valence-corrected chi connectivity index (χ4v) is 5.80. The maximum absolute atomic E-state index is 12.4. The summed E-state index contributed by atoms with van der Waals surface area (Å²) in [5, 5.41) is 15.2. The molecule has 0 saturated carbocycles. The van der Waals surface area contributed by atoms with Gasteiger partial charge in [0.1, 0.15) is 11.5 Å². The molecular formula is C22H28N8O4S3. The van der Waals surface area contributed by atoms with E-state index in [0.717, 1.165) is 0 Å². The topological polar surface area (TPSA) is 141 Å². The van der Waals surface area contributed by atoms with Crippen LogP contribution < -0.4 is 20.7 Å². The summed E-state index contributed by atoms with van der Waals surface area (Å²) < 4.78 is 12.3. The quantitative estimate of drug-likeness (QED) is 0.191. The molecule has 0 bridgehead atoms. The highest BCUT2D eigenvalue weighted by molar-refractivity contribution is 8.04. The summed E-state index contributed by atoms with van der Waals surface area (Å²) in [6, 6.07) is 7.15. The number of anilines is 2. The van der Waals surface area contributed by atoms with Crippen molar-refractivity contribution in [2.75, 3.05) is 38.0 Å². The van der Waals surface area contributed by atoms with Gasteiger partial charge in [-0.05, 0) is 26.0 Å². The first-order valence-electron chi connectivity index (χ1n) is 11.0. The molecule has 3 rings (SSSR count). The average Bonchev–Trinajstić information content (AvgIpc) is 3.60. The molecule has 3 aromatic rings. The van der Waals surface area contributed by atoms with Gasteiger partial charge in [0.05, 0.1) is 22.9 Å². The number of carbonyl (C=O) groups excluding carboxylic acids is 2. The summed E-state index contributed by atoms with van der Waals surface area (Å²) in [5.41, 5.74) is 4.99. The number of thioether (sulfide) groups is 2. The number of aromatic nitrogens is 2. The second-order valence-electron chi connectivity index (χ2n) is 7.96. The molecule has 0 radical (unpaired) electrons. The molecule has 2 N–H and O–H groups in total. The van der Waals surface area contributed by atoms with Crippen molar-refractivity contribution in [3.63, 3.8) is 0 Å². The van der Waals surface area contributed by atoms with E-state index in [1.54, 1.807) is 26.0 Å². The van der Waals surface area contributed by atoms with Crippen molar-refractivity contribution < 1.29 is 18.4 Å². The summed E-state index contributed by atoms with van der Waals surface area (Å²) in [7, 11) is 7.47. The minimum absolute atomic E-state index is 0.287. The molecule has 0 saturated heterocycles. The number of hydrazone groups is 2. The summed E-state index contributed by atoms with van der Waals surface area (Å²) in [6.07, 6.45) is 2.88. The Morgan fingerprint density at radius 3 is 1.59 bits per heavy atom. The van der Waals surface area contributed by atoms with Crippen LogP contribution in [0.4, 0.5) is 11.8 Å². The lowest BCUT2D eigenvalue weighted by Gasteiger charge is -2.07. The number of hydrogen-bond donors (Lipinski definition) is 2. The molecule has 15 heteroatoms. The number of furan rings is 2. The number of rotatable bonds is 12. The van der Waals surface area contributed by atoms with Crippen LogP contribution in [0.2, 0.25) is 0 Å². The van der Waals surface area contributed by atoms with Crippen molar-refractivity contribution in [1.82, 2.24) is 21.0 Å². The van der Waals surface area contributed by atoms with Crippen molar-refractivity contribution in [3.05, 3.63) is 35.8 Å². The van der Waals surface area contributed by atoms with E-state index in [1.807, 2.05) is 50.1 Å².